The molecule has 1 atom stereocenters. The molecule has 1 aliphatic carbocycles. The van der Waals surface area contributed by atoms with Gasteiger partial charge in [0.25, 0.3) is 0 Å². The van der Waals surface area contributed by atoms with Crippen molar-refractivity contribution in [2.75, 3.05) is 36.5 Å². The first-order valence-electron chi connectivity index (χ1n) is 10.0. The van der Waals surface area contributed by atoms with Crippen LogP contribution in [-0.2, 0) is 14.4 Å². The molecule has 1 saturated carbocycles. The average molecular weight is 386 g/mol. The summed E-state index contributed by atoms with van der Waals surface area (Å²) in [6.45, 7) is 2.22. The fourth-order valence-electron chi connectivity index (χ4n) is 3.91. The van der Waals surface area contributed by atoms with E-state index in [-0.39, 0.29) is 29.7 Å². The van der Waals surface area contributed by atoms with Crippen molar-refractivity contribution in [2.45, 2.75) is 38.1 Å². The lowest BCUT2D eigenvalue weighted by Gasteiger charge is -2.38. The second-order valence-corrected chi connectivity index (χ2v) is 7.51. The van der Waals surface area contributed by atoms with E-state index in [2.05, 4.69) is 16.0 Å². The predicted molar refractivity (Wildman–Crippen MR) is 104 cm³/mol. The van der Waals surface area contributed by atoms with E-state index in [1.54, 1.807) is 0 Å². The topological polar surface area (TPSA) is 99.8 Å². The molecule has 1 aromatic rings. The minimum atomic E-state index is -0.364. The molecule has 0 radical (unpaired) electrons. The molecule has 150 valence electrons. The lowest BCUT2D eigenvalue weighted by Crippen LogP contribution is -2.54. The van der Waals surface area contributed by atoms with Gasteiger partial charge in [0, 0.05) is 25.4 Å². The van der Waals surface area contributed by atoms with Crippen LogP contribution < -0.4 is 25.6 Å². The molecular formula is C20H26N4O4. The number of hydrogen-bond donors (Lipinski definition) is 3. The lowest BCUT2D eigenvalue weighted by atomic mass is 9.85. The number of carbonyl (C=O) groups excluding carboxylic acids is 3. The first-order valence-corrected chi connectivity index (χ1v) is 10.0. The van der Waals surface area contributed by atoms with E-state index >= 15 is 0 Å². The Hall–Kier alpha value is -2.77. The number of fused-ring (bicyclic) bond motifs is 1. The molecule has 8 nitrogen and oxygen atoms in total. The molecule has 0 spiro atoms. The third kappa shape index (κ3) is 3.76. The average Bonchev–Trinajstić information content (AvgIpc) is 2.64. The summed E-state index contributed by atoms with van der Waals surface area (Å²) in [7, 11) is 0. The molecule has 1 saturated heterocycles. The van der Waals surface area contributed by atoms with Crippen LogP contribution in [0, 0.1) is 5.92 Å². The van der Waals surface area contributed by atoms with E-state index in [4.69, 9.17) is 4.74 Å². The maximum atomic E-state index is 12.3. The molecule has 2 fully saturated rings. The quantitative estimate of drug-likeness (QED) is 0.499. The number of rotatable bonds is 6. The van der Waals surface area contributed by atoms with Crippen LogP contribution in [0.2, 0.25) is 0 Å². The zero-order chi connectivity index (χ0) is 19.5. The van der Waals surface area contributed by atoms with Crippen molar-refractivity contribution >= 4 is 29.1 Å². The van der Waals surface area contributed by atoms with E-state index in [9.17, 15) is 14.4 Å². The Morgan fingerprint density at radius 2 is 2.07 bits per heavy atom. The summed E-state index contributed by atoms with van der Waals surface area (Å²) in [5, 5.41) is 8.72. The summed E-state index contributed by atoms with van der Waals surface area (Å²) in [4.78, 5) is 37.7. The number of nitrogens with one attached hydrogen (secondary N) is 3. The smallest absolute Gasteiger partial charge is 0.249 e. The van der Waals surface area contributed by atoms with Gasteiger partial charge in [0.05, 0.1) is 17.9 Å². The molecule has 0 aromatic heterocycles. The van der Waals surface area contributed by atoms with Crippen LogP contribution in [0.15, 0.2) is 18.2 Å². The molecule has 28 heavy (non-hydrogen) atoms. The highest BCUT2D eigenvalue weighted by atomic mass is 16.5. The monoisotopic (exact) mass is 386 g/mol. The minimum Gasteiger partial charge on any atom is -0.487 e. The molecule has 4 rings (SSSR count). The number of anilines is 2. The Labute approximate surface area is 164 Å². The van der Waals surface area contributed by atoms with E-state index in [0.29, 0.717) is 44.8 Å². The number of para-hydroxylation sites is 1. The molecule has 0 bridgehead atoms. The molecule has 8 heteroatoms. The zero-order valence-electron chi connectivity index (χ0n) is 15.8. The van der Waals surface area contributed by atoms with Gasteiger partial charge in [0.15, 0.2) is 5.75 Å². The van der Waals surface area contributed by atoms with Crippen molar-refractivity contribution in [1.82, 2.24) is 10.6 Å². The van der Waals surface area contributed by atoms with Crippen molar-refractivity contribution < 1.29 is 19.1 Å². The Morgan fingerprint density at radius 1 is 1.21 bits per heavy atom. The van der Waals surface area contributed by atoms with Crippen LogP contribution in [0.3, 0.4) is 0 Å². The van der Waals surface area contributed by atoms with Gasteiger partial charge in [0.2, 0.25) is 17.7 Å². The number of nitrogens with zero attached hydrogens (tertiary/aromatic N) is 1. The largest absolute Gasteiger partial charge is 0.487 e. The maximum absolute atomic E-state index is 12.3. The van der Waals surface area contributed by atoms with E-state index in [1.807, 2.05) is 23.1 Å². The van der Waals surface area contributed by atoms with Crippen molar-refractivity contribution in [3.63, 3.8) is 0 Å². The molecule has 1 unspecified atom stereocenters. The number of hydrogen-bond acceptors (Lipinski definition) is 6. The highest BCUT2D eigenvalue weighted by Gasteiger charge is 2.35. The summed E-state index contributed by atoms with van der Waals surface area (Å²) in [6, 6.07) is 5.42. The standard InChI is InChI=1S/C20H26N4O4/c25-17-8-7-16(20(27)23-17)24-11-12-28-18-14(5-2-6-15(18)24)21-9-10-22-19(26)13-3-1-4-13/h2,5-6,13,16,21H,1,3-4,7-12H2,(H,22,26)(H,23,25,27). The highest BCUT2D eigenvalue weighted by Crippen LogP contribution is 2.40. The van der Waals surface area contributed by atoms with Crippen molar-refractivity contribution in [3.8, 4) is 5.75 Å². The van der Waals surface area contributed by atoms with Gasteiger partial charge in [-0.2, -0.15) is 0 Å². The zero-order valence-corrected chi connectivity index (χ0v) is 15.8. The summed E-state index contributed by atoms with van der Waals surface area (Å²) in [5.41, 5.74) is 1.69. The molecule has 2 aliphatic heterocycles. The van der Waals surface area contributed by atoms with Crippen LogP contribution in [0.25, 0.3) is 0 Å². The van der Waals surface area contributed by atoms with Crippen molar-refractivity contribution in [2.24, 2.45) is 5.92 Å². The minimum absolute atomic E-state index is 0.142. The van der Waals surface area contributed by atoms with Gasteiger partial charge in [-0.05, 0) is 31.4 Å². The molecule has 3 N–H and O–H groups in total. The Bertz CT molecular complexity index is 777. The first-order chi connectivity index (χ1) is 13.6. The Morgan fingerprint density at radius 3 is 2.82 bits per heavy atom. The van der Waals surface area contributed by atoms with Crippen LogP contribution in [0.5, 0.6) is 5.75 Å². The van der Waals surface area contributed by atoms with Crippen LogP contribution in [0.4, 0.5) is 11.4 Å². The fourth-order valence-corrected chi connectivity index (χ4v) is 3.91. The summed E-state index contributed by atoms with van der Waals surface area (Å²) in [6.07, 6.45) is 4.00. The molecule has 2 heterocycles. The van der Waals surface area contributed by atoms with Gasteiger partial charge in [-0.15, -0.1) is 0 Å². The second-order valence-electron chi connectivity index (χ2n) is 7.51. The Balaban J connectivity index is 1.39. The number of amides is 3. The van der Waals surface area contributed by atoms with Crippen LogP contribution >= 0.6 is 0 Å². The lowest BCUT2D eigenvalue weighted by molar-refractivity contribution is -0.134. The van der Waals surface area contributed by atoms with E-state index in [0.717, 1.165) is 30.6 Å². The third-order valence-corrected chi connectivity index (χ3v) is 5.68. The molecule has 3 amide bonds. The Kier molecular flexibility index (Phi) is 5.36. The van der Waals surface area contributed by atoms with Crippen LogP contribution in [-0.4, -0.2) is 50.0 Å². The van der Waals surface area contributed by atoms with Gasteiger partial charge in [-0.3, -0.25) is 19.7 Å². The molecule has 1 aromatic carbocycles. The first kappa shape index (κ1) is 18.6. The van der Waals surface area contributed by atoms with E-state index < -0.39 is 0 Å². The highest BCUT2D eigenvalue weighted by molar-refractivity contribution is 6.02. The normalized spacial score (nSPS) is 21.9. The van der Waals surface area contributed by atoms with Gasteiger partial charge in [-0.25, -0.2) is 0 Å². The van der Waals surface area contributed by atoms with Crippen molar-refractivity contribution in [1.29, 1.82) is 0 Å². The number of benzene rings is 1. The molecule has 3 aliphatic rings. The van der Waals surface area contributed by atoms with Crippen LogP contribution in [0.1, 0.15) is 32.1 Å². The van der Waals surface area contributed by atoms with Gasteiger partial charge in [-0.1, -0.05) is 12.5 Å². The van der Waals surface area contributed by atoms with E-state index in [1.165, 1.54) is 0 Å². The number of ether oxygens (including phenoxy) is 1. The SMILES string of the molecule is O=C1CCC(N2CCOc3c(NCCNC(=O)C4CCC4)cccc32)C(=O)N1. The number of carbonyl (C=O) groups is 3. The van der Waals surface area contributed by atoms with Gasteiger partial charge in [0.1, 0.15) is 12.6 Å². The third-order valence-electron chi connectivity index (χ3n) is 5.68. The summed E-state index contributed by atoms with van der Waals surface area (Å²) in [5.74, 6) is 0.581. The second kappa shape index (κ2) is 8.08. The summed E-state index contributed by atoms with van der Waals surface area (Å²) < 4.78 is 5.88. The van der Waals surface area contributed by atoms with Gasteiger partial charge < -0.3 is 20.3 Å². The summed E-state index contributed by atoms with van der Waals surface area (Å²) >= 11 is 0. The van der Waals surface area contributed by atoms with Crippen molar-refractivity contribution in [3.05, 3.63) is 18.2 Å². The molecular weight excluding hydrogens is 360 g/mol. The number of piperidine rings is 1. The fraction of sp³-hybridized carbons (Fsp3) is 0.550. The predicted octanol–water partition coefficient (Wildman–Crippen LogP) is 1.02. The van der Waals surface area contributed by atoms with Gasteiger partial charge >= 0.3 is 0 Å². The number of imide groups is 1. The maximum Gasteiger partial charge on any atom is 0.249 e.